The van der Waals surface area contributed by atoms with E-state index in [2.05, 4.69) is 10.0 Å². The van der Waals surface area contributed by atoms with Gasteiger partial charge < -0.3 is 4.90 Å². The molecular formula is C28H29FN6O2S. The fraction of sp³-hybridized carbons (Fsp3) is 0.321. The van der Waals surface area contributed by atoms with Gasteiger partial charge in [-0.15, -0.1) is 11.3 Å². The number of amides is 1. The molecule has 8 nitrogen and oxygen atoms in total. The maximum Gasteiger partial charge on any atom is 0.262 e. The number of fused-ring (bicyclic) bond motifs is 1. The lowest BCUT2D eigenvalue weighted by Crippen LogP contribution is -2.44. The van der Waals surface area contributed by atoms with Crippen LogP contribution in [0.15, 0.2) is 76.0 Å². The first-order valence-electron chi connectivity index (χ1n) is 12.3. The van der Waals surface area contributed by atoms with Gasteiger partial charge in [-0.2, -0.15) is 0 Å². The number of carbonyl (C=O) groups is 1. The van der Waals surface area contributed by atoms with Gasteiger partial charge in [0.15, 0.2) is 0 Å². The number of alkyl halides is 1. The molecule has 0 bridgehead atoms. The molecule has 2 aromatic heterocycles. The van der Waals surface area contributed by atoms with Crippen molar-refractivity contribution in [1.82, 2.24) is 14.5 Å². The molecule has 0 aliphatic rings. The maximum atomic E-state index is 15.1. The summed E-state index contributed by atoms with van der Waals surface area (Å²) in [7, 11) is 0. The molecule has 2 atom stereocenters. The van der Waals surface area contributed by atoms with Crippen molar-refractivity contribution in [1.29, 1.82) is 0 Å². The molecule has 38 heavy (non-hydrogen) atoms. The highest BCUT2D eigenvalue weighted by atomic mass is 32.1. The molecule has 0 fully saturated rings. The van der Waals surface area contributed by atoms with Gasteiger partial charge in [0.05, 0.1) is 31.1 Å². The number of aromatic nitrogens is 2. The second-order valence-corrected chi connectivity index (χ2v) is 10.4. The number of benzene rings is 2. The topological polar surface area (TPSA) is 104 Å². The number of rotatable bonds is 10. The van der Waals surface area contributed by atoms with Crippen LogP contribution in [0.1, 0.15) is 47.2 Å². The summed E-state index contributed by atoms with van der Waals surface area (Å²) in [4.78, 5) is 37.1. The van der Waals surface area contributed by atoms with Crippen LogP contribution in [-0.2, 0) is 6.54 Å². The van der Waals surface area contributed by atoms with Crippen LogP contribution in [-0.4, -0.2) is 39.6 Å². The van der Waals surface area contributed by atoms with Gasteiger partial charge in [0.2, 0.25) is 0 Å². The van der Waals surface area contributed by atoms with E-state index in [9.17, 15) is 9.59 Å². The van der Waals surface area contributed by atoms with Crippen molar-refractivity contribution in [2.24, 2.45) is 11.0 Å². The summed E-state index contributed by atoms with van der Waals surface area (Å²) in [6, 6.07) is 17.6. The molecular weight excluding hydrogens is 503 g/mol. The predicted molar refractivity (Wildman–Crippen MR) is 148 cm³/mol. The Morgan fingerprint density at radius 3 is 2.53 bits per heavy atom. The number of halogens is 1. The van der Waals surface area contributed by atoms with Crippen LogP contribution in [0.2, 0.25) is 0 Å². The number of aryl methyl sites for hydroxylation is 1. The van der Waals surface area contributed by atoms with Gasteiger partial charge in [-0.05, 0) is 47.5 Å². The molecule has 10 heteroatoms. The van der Waals surface area contributed by atoms with Crippen molar-refractivity contribution < 1.29 is 9.18 Å². The molecule has 2 heterocycles. The molecule has 0 saturated carbocycles. The van der Waals surface area contributed by atoms with Crippen LogP contribution in [0.4, 0.5) is 4.39 Å². The largest absolute Gasteiger partial charge is 0.325 e. The van der Waals surface area contributed by atoms with Crippen molar-refractivity contribution in [3.05, 3.63) is 109 Å². The minimum absolute atomic E-state index is 0.214. The first kappa shape index (κ1) is 27.0. The highest BCUT2D eigenvalue weighted by molar-refractivity contribution is 7.16. The van der Waals surface area contributed by atoms with Crippen molar-refractivity contribution in [3.63, 3.8) is 0 Å². The molecule has 1 amide bonds. The summed E-state index contributed by atoms with van der Waals surface area (Å²) in [6.45, 7) is 5.27. The number of azide groups is 1. The van der Waals surface area contributed by atoms with E-state index in [4.69, 9.17) is 10.5 Å². The van der Waals surface area contributed by atoms with E-state index in [1.54, 1.807) is 22.8 Å². The molecule has 2 unspecified atom stereocenters. The quantitative estimate of drug-likeness (QED) is 0.136. The first-order valence-corrected chi connectivity index (χ1v) is 13.2. The SMILES string of the molecule is Cc1ccc(C(=O)N(CC(F)CN=[N+]=[N-])C(c2nc3sccc3c(=O)n2Cc2ccccc2)C(C)C)cc1. The van der Waals surface area contributed by atoms with E-state index < -0.39 is 18.8 Å². The van der Waals surface area contributed by atoms with E-state index in [0.717, 1.165) is 11.1 Å². The average Bonchev–Trinajstić information content (AvgIpc) is 3.38. The van der Waals surface area contributed by atoms with Crippen molar-refractivity contribution in [2.75, 3.05) is 13.1 Å². The third-order valence-electron chi connectivity index (χ3n) is 6.33. The van der Waals surface area contributed by atoms with E-state index in [1.807, 2.05) is 68.6 Å². The lowest BCUT2D eigenvalue weighted by Gasteiger charge is -2.36. The van der Waals surface area contributed by atoms with Crippen LogP contribution in [0, 0.1) is 12.8 Å². The highest BCUT2D eigenvalue weighted by Gasteiger charge is 2.34. The Bertz CT molecular complexity index is 1510. The normalized spacial score (nSPS) is 12.8. The molecule has 4 aromatic rings. The molecule has 0 aliphatic carbocycles. The van der Waals surface area contributed by atoms with Gasteiger partial charge in [0.25, 0.3) is 11.5 Å². The number of thiophene rings is 1. The molecule has 0 spiro atoms. The van der Waals surface area contributed by atoms with Gasteiger partial charge in [-0.1, -0.05) is 67.0 Å². The highest BCUT2D eigenvalue weighted by Crippen LogP contribution is 2.31. The maximum absolute atomic E-state index is 15.1. The number of carbonyl (C=O) groups excluding carboxylic acids is 1. The van der Waals surface area contributed by atoms with E-state index in [0.29, 0.717) is 21.6 Å². The lowest BCUT2D eigenvalue weighted by atomic mass is 9.98. The predicted octanol–water partition coefficient (Wildman–Crippen LogP) is 6.30. The Morgan fingerprint density at radius 2 is 1.87 bits per heavy atom. The zero-order chi connectivity index (χ0) is 27.2. The van der Waals surface area contributed by atoms with E-state index in [1.165, 1.54) is 16.2 Å². The molecule has 0 N–H and O–H groups in total. The van der Waals surface area contributed by atoms with Crippen molar-refractivity contribution in [3.8, 4) is 0 Å². The van der Waals surface area contributed by atoms with Gasteiger partial charge in [-0.3, -0.25) is 14.2 Å². The van der Waals surface area contributed by atoms with Crippen molar-refractivity contribution >= 4 is 27.5 Å². The van der Waals surface area contributed by atoms with Gasteiger partial charge in [-0.25, -0.2) is 9.37 Å². The summed E-state index contributed by atoms with van der Waals surface area (Å²) in [6.07, 6.45) is -1.60. The van der Waals surface area contributed by atoms with Gasteiger partial charge in [0.1, 0.15) is 16.8 Å². The monoisotopic (exact) mass is 532 g/mol. The van der Waals surface area contributed by atoms with Crippen LogP contribution < -0.4 is 5.56 Å². The Kier molecular flexibility index (Phi) is 8.55. The van der Waals surface area contributed by atoms with Crippen LogP contribution in [0.5, 0.6) is 0 Å². The minimum atomic E-state index is -1.60. The first-order chi connectivity index (χ1) is 18.3. The zero-order valence-electron chi connectivity index (χ0n) is 21.5. The zero-order valence-corrected chi connectivity index (χ0v) is 22.3. The second kappa shape index (κ2) is 12.0. The fourth-order valence-electron chi connectivity index (χ4n) is 4.49. The standard InChI is InChI=1S/C28H29FN6O2S/c1-18(2)24(34(17-22(29)15-31-33-30)27(36)21-11-9-19(3)10-12-21)25-32-26-23(13-14-38-26)28(37)35(25)16-20-7-5-4-6-8-20/h4-14,18,22,24H,15-17H2,1-3H3. The molecule has 196 valence electrons. The third-order valence-corrected chi connectivity index (χ3v) is 7.13. The third kappa shape index (κ3) is 5.93. The molecule has 0 aliphatic heterocycles. The minimum Gasteiger partial charge on any atom is -0.325 e. The summed E-state index contributed by atoms with van der Waals surface area (Å²) >= 11 is 1.35. The number of nitrogens with zero attached hydrogens (tertiary/aromatic N) is 6. The van der Waals surface area contributed by atoms with Gasteiger partial charge in [0, 0.05) is 10.5 Å². The second-order valence-electron chi connectivity index (χ2n) is 9.51. The smallest absolute Gasteiger partial charge is 0.262 e. The Hall–Kier alpha value is -4.01. The van der Waals surface area contributed by atoms with E-state index in [-0.39, 0.29) is 30.5 Å². The van der Waals surface area contributed by atoms with Crippen LogP contribution in [0.25, 0.3) is 20.7 Å². The Labute approximate surface area is 224 Å². The molecule has 2 aromatic carbocycles. The summed E-state index contributed by atoms with van der Waals surface area (Å²) in [5.41, 5.74) is 10.8. The lowest BCUT2D eigenvalue weighted by molar-refractivity contribution is 0.0534. The van der Waals surface area contributed by atoms with Crippen LogP contribution >= 0.6 is 11.3 Å². The Balaban J connectivity index is 1.89. The molecule has 0 radical (unpaired) electrons. The van der Waals surface area contributed by atoms with E-state index >= 15 is 4.39 Å². The van der Waals surface area contributed by atoms with Crippen LogP contribution in [0.3, 0.4) is 0 Å². The molecule has 4 rings (SSSR count). The fourth-order valence-corrected chi connectivity index (χ4v) is 5.25. The summed E-state index contributed by atoms with van der Waals surface area (Å²) in [5.74, 6) is -0.221. The van der Waals surface area contributed by atoms with Crippen molar-refractivity contribution in [2.45, 2.75) is 39.5 Å². The number of hydrogen-bond donors (Lipinski definition) is 0. The summed E-state index contributed by atoms with van der Waals surface area (Å²) in [5, 5.41) is 5.68. The van der Waals surface area contributed by atoms with Gasteiger partial charge >= 0.3 is 0 Å². The summed E-state index contributed by atoms with van der Waals surface area (Å²) < 4.78 is 16.7. The average molecular weight is 533 g/mol. The molecule has 0 saturated heterocycles. The number of hydrogen-bond acceptors (Lipinski definition) is 5. The Morgan fingerprint density at radius 1 is 1.16 bits per heavy atom.